The summed E-state index contributed by atoms with van der Waals surface area (Å²) in [7, 11) is 2.95. The first kappa shape index (κ1) is 14.1. The van der Waals surface area contributed by atoms with E-state index < -0.39 is 7.52 Å². The van der Waals surface area contributed by atoms with Crippen LogP contribution in [0.25, 0.3) is 0 Å². The van der Waals surface area contributed by atoms with Gasteiger partial charge in [0, 0.05) is 19.8 Å². The Morgan fingerprint density at radius 2 is 2.12 bits per heavy atom. The molecule has 5 nitrogen and oxygen atoms in total. The van der Waals surface area contributed by atoms with Gasteiger partial charge in [-0.05, 0) is 28.1 Å². The van der Waals surface area contributed by atoms with Gasteiger partial charge in [-0.15, -0.1) is 0 Å². The summed E-state index contributed by atoms with van der Waals surface area (Å²) >= 11 is 0. The van der Waals surface area contributed by atoms with E-state index in [-0.39, 0.29) is 12.2 Å². The predicted molar refractivity (Wildman–Crippen MR) is 65.0 cm³/mol. The molecule has 0 aromatic carbocycles. The molecule has 0 amide bonds. The van der Waals surface area contributed by atoms with E-state index in [2.05, 4.69) is 11.9 Å². The molecular formula is C10H23N2O3P. The minimum absolute atomic E-state index is 0.0157. The van der Waals surface area contributed by atoms with Crippen LogP contribution >= 0.6 is 7.52 Å². The van der Waals surface area contributed by atoms with Crippen LogP contribution in [0.2, 0.25) is 0 Å². The van der Waals surface area contributed by atoms with Gasteiger partial charge in [0.15, 0.2) is 0 Å². The maximum Gasteiger partial charge on any atom is 0.268 e. The SMILES string of the molecule is CC1CN(C)C[C@@H](COP(C)(=O)N(C)C)O1. The molecule has 1 fully saturated rings. The van der Waals surface area contributed by atoms with Crippen molar-refractivity contribution in [3.05, 3.63) is 0 Å². The van der Waals surface area contributed by atoms with Crippen molar-refractivity contribution < 1.29 is 13.8 Å². The van der Waals surface area contributed by atoms with Gasteiger partial charge in [-0.25, -0.2) is 4.67 Å². The molecule has 3 atom stereocenters. The van der Waals surface area contributed by atoms with Crippen molar-refractivity contribution in [2.24, 2.45) is 0 Å². The lowest BCUT2D eigenvalue weighted by atomic mass is 10.2. The minimum atomic E-state index is -2.64. The summed E-state index contributed by atoms with van der Waals surface area (Å²) in [6.07, 6.45) is 0.227. The van der Waals surface area contributed by atoms with Gasteiger partial charge in [0.25, 0.3) is 7.52 Å². The Hall–Kier alpha value is 0.0700. The van der Waals surface area contributed by atoms with Crippen molar-refractivity contribution in [1.29, 1.82) is 0 Å². The Morgan fingerprint density at radius 3 is 2.62 bits per heavy atom. The van der Waals surface area contributed by atoms with E-state index in [4.69, 9.17) is 9.26 Å². The molecule has 1 saturated heterocycles. The summed E-state index contributed by atoms with van der Waals surface area (Å²) in [6, 6.07) is 0. The highest BCUT2D eigenvalue weighted by atomic mass is 31.2. The van der Waals surface area contributed by atoms with Gasteiger partial charge < -0.3 is 14.2 Å². The molecule has 6 heteroatoms. The Morgan fingerprint density at radius 1 is 1.50 bits per heavy atom. The quantitative estimate of drug-likeness (QED) is 0.699. The van der Waals surface area contributed by atoms with Crippen LogP contribution in [0, 0.1) is 0 Å². The van der Waals surface area contributed by atoms with Gasteiger partial charge in [-0.1, -0.05) is 0 Å². The van der Waals surface area contributed by atoms with Gasteiger partial charge >= 0.3 is 0 Å². The molecule has 0 aromatic heterocycles. The van der Waals surface area contributed by atoms with Gasteiger partial charge in [0.05, 0.1) is 18.8 Å². The van der Waals surface area contributed by atoms with E-state index in [0.29, 0.717) is 6.61 Å². The second-order valence-electron chi connectivity index (χ2n) is 4.74. The van der Waals surface area contributed by atoms with Crippen LogP contribution in [0.4, 0.5) is 0 Å². The van der Waals surface area contributed by atoms with Gasteiger partial charge in [0.2, 0.25) is 0 Å². The highest BCUT2D eigenvalue weighted by Crippen LogP contribution is 2.44. The van der Waals surface area contributed by atoms with Crippen LogP contribution in [0.3, 0.4) is 0 Å². The molecule has 0 aliphatic carbocycles. The molecular weight excluding hydrogens is 227 g/mol. The molecule has 0 aromatic rings. The maximum absolute atomic E-state index is 12.0. The first-order valence-corrected chi connectivity index (χ1v) is 7.57. The minimum Gasteiger partial charge on any atom is -0.370 e. The summed E-state index contributed by atoms with van der Waals surface area (Å²) in [5.74, 6) is 0. The van der Waals surface area contributed by atoms with Crippen LogP contribution in [0.5, 0.6) is 0 Å². The van der Waals surface area contributed by atoms with Crippen molar-refractivity contribution in [3.8, 4) is 0 Å². The molecule has 1 aliphatic heterocycles. The van der Waals surface area contributed by atoms with E-state index in [1.165, 1.54) is 0 Å². The fraction of sp³-hybridized carbons (Fsp3) is 1.00. The molecule has 2 unspecified atom stereocenters. The molecule has 0 radical (unpaired) electrons. The normalized spacial score (nSPS) is 31.6. The number of hydrogen-bond donors (Lipinski definition) is 0. The zero-order chi connectivity index (χ0) is 12.3. The first-order chi connectivity index (χ1) is 7.31. The fourth-order valence-corrected chi connectivity index (χ4v) is 2.38. The molecule has 0 bridgehead atoms. The largest absolute Gasteiger partial charge is 0.370 e. The molecule has 0 N–H and O–H groups in total. The smallest absolute Gasteiger partial charge is 0.268 e. The second kappa shape index (κ2) is 5.61. The van der Waals surface area contributed by atoms with Gasteiger partial charge in [-0.3, -0.25) is 4.57 Å². The topological polar surface area (TPSA) is 42.0 Å². The van der Waals surface area contributed by atoms with Crippen LogP contribution in [0.1, 0.15) is 6.92 Å². The van der Waals surface area contributed by atoms with Crippen LogP contribution in [0.15, 0.2) is 0 Å². The van der Waals surface area contributed by atoms with E-state index in [0.717, 1.165) is 13.1 Å². The van der Waals surface area contributed by atoms with Crippen molar-refractivity contribution >= 4 is 7.52 Å². The highest BCUT2D eigenvalue weighted by Gasteiger charge is 2.26. The average molecular weight is 250 g/mol. The Kier molecular flexibility index (Phi) is 4.95. The maximum atomic E-state index is 12.0. The average Bonchev–Trinajstić information content (AvgIpc) is 2.13. The van der Waals surface area contributed by atoms with E-state index in [9.17, 15) is 4.57 Å². The van der Waals surface area contributed by atoms with Crippen molar-refractivity contribution in [1.82, 2.24) is 9.57 Å². The van der Waals surface area contributed by atoms with E-state index in [1.54, 1.807) is 25.4 Å². The molecule has 96 valence electrons. The molecule has 1 heterocycles. The molecule has 1 rings (SSSR count). The predicted octanol–water partition coefficient (Wildman–Crippen LogP) is 1.11. The Balaban J connectivity index is 2.40. The van der Waals surface area contributed by atoms with Crippen LogP contribution in [-0.4, -0.2) is 69.3 Å². The Bertz CT molecular complexity index is 263. The number of likely N-dealkylation sites (N-methyl/N-ethyl adjacent to an activating group) is 1. The third-order valence-corrected chi connectivity index (χ3v) is 4.82. The summed E-state index contributed by atoms with van der Waals surface area (Å²) in [4.78, 5) is 2.21. The molecule has 1 aliphatic rings. The van der Waals surface area contributed by atoms with Crippen molar-refractivity contribution in [2.75, 3.05) is 47.5 Å². The third-order valence-electron chi connectivity index (χ3n) is 2.74. The molecule has 16 heavy (non-hydrogen) atoms. The number of morpholine rings is 1. The zero-order valence-electron chi connectivity index (χ0n) is 10.8. The van der Waals surface area contributed by atoms with Crippen molar-refractivity contribution in [2.45, 2.75) is 19.1 Å². The second-order valence-corrected chi connectivity index (χ2v) is 7.40. The van der Waals surface area contributed by atoms with Crippen LogP contribution in [-0.2, 0) is 13.8 Å². The fourth-order valence-electron chi connectivity index (χ4n) is 1.70. The van der Waals surface area contributed by atoms with Crippen LogP contribution < -0.4 is 0 Å². The lowest BCUT2D eigenvalue weighted by Crippen LogP contribution is -2.46. The lowest BCUT2D eigenvalue weighted by Gasteiger charge is -2.35. The number of rotatable bonds is 4. The molecule has 0 saturated carbocycles. The van der Waals surface area contributed by atoms with Gasteiger partial charge in [-0.2, -0.15) is 0 Å². The van der Waals surface area contributed by atoms with E-state index >= 15 is 0 Å². The summed E-state index contributed by atoms with van der Waals surface area (Å²) in [5, 5.41) is 0. The Labute approximate surface area is 98.2 Å². The van der Waals surface area contributed by atoms with E-state index in [1.807, 2.05) is 6.92 Å². The van der Waals surface area contributed by atoms with Crippen molar-refractivity contribution in [3.63, 3.8) is 0 Å². The van der Waals surface area contributed by atoms with Gasteiger partial charge in [0.1, 0.15) is 0 Å². The number of nitrogens with zero attached hydrogens (tertiary/aromatic N) is 2. The number of hydrogen-bond acceptors (Lipinski definition) is 4. The third kappa shape index (κ3) is 4.15. The zero-order valence-corrected chi connectivity index (χ0v) is 11.7. The monoisotopic (exact) mass is 250 g/mol. The lowest BCUT2D eigenvalue weighted by molar-refractivity contribution is -0.0851. The molecule has 0 spiro atoms. The summed E-state index contributed by atoms with van der Waals surface area (Å²) in [6.45, 7) is 5.83. The highest BCUT2D eigenvalue weighted by molar-refractivity contribution is 7.55. The number of ether oxygens (including phenoxy) is 1. The standard InChI is InChI=1S/C10H23N2O3P/c1-9-6-12(4)7-10(15-9)8-14-16(5,13)11(2)3/h9-10H,6-8H2,1-5H3/t9?,10-,16?/m0/s1. The summed E-state index contributed by atoms with van der Waals surface area (Å²) < 4.78 is 24.8. The first-order valence-electron chi connectivity index (χ1n) is 5.55. The summed E-state index contributed by atoms with van der Waals surface area (Å²) in [5.41, 5.74) is 0.